The summed E-state index contributed by atoms with van der Waals surface area (Å²) in [6, 6.07) is 6.26. The van der Waals surface area contributed by atoms with Gasteiger partial charge < -0.3 is 5.32 Å². The highest BCUT2D eigenvalue weighted by molar-refractivity contribution is 5.82. The molecule has 0 spiro atoms. The van der Waals surface area contributed by atoms with Gasteiger partial charge >= 0.3 is 12.2 Å². The number of fused-ring (bicyclic) bond motifs is 5. The van der Waals surface area contributed by atoms with Crippen LogP contribution in [0.4, 0.5) is 17.6 Å². The molecule has 200 valence electrons. The van der Waals surface area contributed by atoms with E-state index in [-0.39, 0.29) is 28.4 Å². The van der Waals surface area contributed by atoms with E-state index in [1.54, 1.807) is 30.7 Å². The minimum absolute atomic E-state index is 0.00587. The molecule has 1 fully saturated rings. The molecule has 3 aromatic heterocycles. The molecule has 2 atom stereocenters. The molecule has 0 aliphatic carbocycles. The summed E-state index contributed by atoms with van der Waals surface area (Å²) < 4.78 is 61.1. The molecule has 39 heavy (non-hydrogen) atoms. The summed E-state index contributed by atoms with van der Waals surface area (Å²) in [4.78, 5) is 13.8. The smallest absolute Gasteiger partial charge is 0.307 e. The molecule has 0 radical (unpaired) electrons. The van der Waals surface area contributed by atoms with Crippen LogP contribution in [0.25, 0.3) is 28.1 Å². The predicted octanol–water partition coefficient (Wildman–Crippen LogP) is 4.80. The van der Waals surface area contributed by atoms with E-state index in [0.29, 0.717) is 39.8 Å². The molecule has 1 N–H and O–H groups in total. The van der Waals surface area contributed by atoms with Crippen LogP contribution >= 0.6 is 0 Å². The van der Waals surface area contributed by atoms with Crippen LogP contribution in [0.1, 0.15) is 47.8 Å². The maximum atomic E-state index is 15.5. The van der Waals surface area contributed by atoms with Crippen molar-refractivity contribution in [3.8, 4) is 17.2 Å². The lowest BCUT2D eigenvalue weighted by molar-refractivity contribution is 0.0615. The Bertz CT molecular complexity index is 1820. The lowest BCUT2D eigenvalue weighted by Crippen LogP contribution is -2.32. The normalized spacial score (nSPS) is 18.4. The number of hydrogen-bond donors (Lipinski definition) is 1. The first kappa shape index (κ1) is 23.9. The van der Waals surface area contributed by atoms with Crippen molar-refractivity contribution < 1.29 is 17.6 Å². The molecule has 5 aromatic rings. The Hall–Kier alpha value is -4.19. The summed E-state index contributed by atoms with van der Waals surface area (Å²) in [6.07, 6.45) is 6.56. The molecule has 0 unspecified atom stereocenters. The van der Waals surface area contributed by atoms with Gasteiger partial charge in [-0.1, -0.05) is 0 Å². The Balaban J connectivity index is 1.43. The summed E-state index contributed by atoms with van der Waals surface area (Å²) >= 11 is 0. The largest absolute Gasteiger partial charge is 0.338 e. The fourth-order valence-electron chi connectivity index (χ4n) is 6.01. The highest BCUT2D eigenvalue weighted by Gasteiger charge is 2.38. The van der Waals surface area contributed by atoms with Gasteiger partial charge in [0.05, 0.1) is 34.2 Å². The van der Waals surface area contributed by atoms with E-state index < -0.39 is 18.1 Å². The van der Waals surface area contributed by atoms with Crippen molar-refractivity contribution >= 4 is 10.9 Å². The van der Waals surface area contributed by atoms with E-state index in [1.165, 1.54) is 29.1 Å². The second-order valence-electron chi connectivity index (χ2n) is 10.2. The number of aryl methyl sites for hydroxylation is 2. The maximum Gasteiger partial charge on any atom is 0.338 e. The van der Waals surface area contributed by atoms with Crippen LogP contribution in [0.15, 0.2) is 47.7 Å². The molecule has 2 aliphatic rings. The van der Waals surface area contributed by atoms with Gasteiger partial charge in [-0.05, 0) is 62.1 Å². The molecule has 5 heterocycles. The zero-order valence-corrected chi connectivity index (χ0v) is 21.0. The number of benzene rings is 2. The van der Waals surface area contributed by atoms with Crippen LogP contribution in [-0.4, -0.2) is 34.7 Å². The van der Waals surface area contributed by atoms with Crippen LogP contribution < -0.4 is 11.0 Å². The number of nitrogens with one attached hydrogen (secondary N) is 1. The number of halogens is 4. The molecule has 12 heteroatoms. The first-order valence-electron chi connectivity index (χ1n) is 12.6. The minimum Gasteiger partial charge on any atom is -0.307 e. The van der Waals surface area contributed by atoms with Gasteiger partial charge in [0.1, 0.15) is 11.6 Å². The highest BCUT2D eigenvalue weighted by Crippen LogP contribution is 2.40. The van der Waals surface area contributed by atoms with Crippen molar-refractivity contribution in [2.75, 3.05) is 0 Å². The Morgan fingerprint density at radius 3 is 2.51 bits per heavy atom. The third-order valence-electron chi connectivity index (χ3n) is 7.81. The van der Waals surface area contributed by atoms with E-state index in [0.717, 1.165) is 34.9 Å². The van der Waals surface area contributed by atoms with E-state index in [9.17, 15) is 18.0 Å². The topological polar surface area (TPSA) is 74.6 Å². The summed E-state index contributed by atoms with van der Waals surface area (Å²) in [5.41, 5.74) is 2.54. The van der Waals surface area contributed by atoms with Crippen molar-refractivity contribution in [1.82, 2.24) is 34.0 Å². The average Bonchev–Trinajstić information content (AvgIpc) is 3.67. The van der Waals surface area contributed by atoms with Crippen molar-refractivity contribution in [1.29, 1.82) is 0 Å². The molecule has 8 nitrogen and oxygen atoms in total. The Morgan fingerprint density at radius 1 is 1.03 bits per heavy atom. The van der Waals surface area contributed by atoms with Crippen LogP contribution in [0.2, 0.25) is 0 Å². The first-order chi connectivity index (χ1) is 18.7. The van der Waals surface area contributed by atoms with Gasteiger partial charge in [-0.25, -0.2) is 22.9 Å². The van der Waals surface area contributed by atoms with Crippen molar-refractivity contribution in [3.05, 3.63) is 87.4 Å². The van der Waals surface area contributed by atoms with Crippen LogP contribution in [-0.2, 0) is 6.42 Å². The fraction of sp³-hybridized carbons (Fsp3) is 0.296. The van der Waals surface area contributed by atoms with Crippen LogP contribution in [0, 0.1) is 25.5 Å². The number of imidazole rings is 1. The molecule has 0 amide bonds. The van der Waals surface area contributed by atoms with Crippen molar-refractivity contribution in [3.63, 3.8) is 0 Å². The summed E-state index contributed by atoms with van der Waals surface area (Å²) in [5, 5.41) is 11.9. The Morgan fingerprint density at radius 2 is 1.77 bits per heavy atom. The third-order valence-corrected chi connectivity index (χ3v) is 7.81. The SMILES string of the molecule is Cc1cc(-n2nc3c(c2-n2ccn(-c4ccc5c(cnn5C(F)F)c4F)c2=O)[C@@H]2CC[C@H](C3)N2)cc(C)c1F. The number of nitrogens with zero attached hydrogens (tertiary/aromatic N) is 6. The minimum atomic E-state index is -2.93. The lowest BCUT2D eigenvalue weighted by Gasteiger charge is -2.21. The van der Waals surface area contributed by atoms with E-state index in [2.05, 4.69) is 10.4 Å². The van der Waals surface area contributed by atoms with Gasteiger partial charge in [0.2, 0.25) is 0 Å². The van der Waals surface area contributed by atoms with Crippen LogP contribution in [0.5, 0.6) is 0 Å². The summed E-state index contributed by atoms with van der Waals surface area (Å²) in [6.45, 7) is 0.428. The Kier molecular flexibility index (Phi) is 5.15. The lowest BCUT2D eigenvalue weighted by atomic mass is 10.0. The number of hydrogen-bond acceptors (Lipinski definition) is 4. The monoisotopic (exact) mass is 537 g/mol. The van der Waals surface area contributed by atoms with Gasteiger partial charge in [0.25, 0.3) is 0 Å². The quantitative estimate of drug-likeness (QED) is 0.334. The van der Waals surface area contributed by atoms with Crippen LogP contribution in [0.3, 0.4) is 0 Å². The number of aromatic nitrogens is 6. The molecule has 2 aromatic carbocycles. The standard InChI is InChI=1S/C27H23F4N7O/c1-13-9-16(10-14(2)23(13)28)37-25(22-18-4-3-15(33-18)11-19(22)34-37)36-8-7-35(27(36)39)21-6-5-20-17(24(21)29)12-32-38(20)26(30)31/h5-10,12,15,18,26,33H,3-4,11H2,1-2H3/t15-,18+/m1/s1. The Labute approximate surface area is 219 Å². The molecule has 2 aliphatic heterocycles. The van der Waals surface area contributed by atoms with Crippen molar-refractivity contribution in [2.45, 2.75) is 51.7 Å². The average molecular weight is 538 g/mol. The zero-order valence-electron chi connectivity index (χ0n) is 21.0. The highest BCUT2D eigenvalue weighted by atomic mass is 19.3. The molecule has 2 bridgehead atoms. The van der Waals surface area contributed by atoms with Gasteiger partial charge in [0.15, 0.2) is 5.82 Å². The summed E-state index contributed by atoms with van der Waals surface area (Å²) in [5.74, 6) is -0.633. The first-order valence-corrected chi connectivity index (χ1v) is 12.6. The van der Waals surface area contributed by atoms with E-state index in [1.807, 2.05) is 0 Å². The molecular formula is C27H23F4N7O. The van der Waals surface area contributed by atoms with E-state index >= 15 is 4.39 Å². The van der Waals surface area contributed by atoms with E-state index in [4.69, 9.17) is 5.10 Å². The second-order valence-corrected chi connectivity index (χ2v) is 10.2. The van der Waals surface area contributed by atoms with Crippen molar-refractivity contribution in [2.24, 2.45) is 0 Å². The molecular weight excluding hydrogens is 514 g/mol. The maximum absolute atomic E-state index is 15.5. The number of rotatable bonds is 4. The van der Waals surface area contributed by atoms with Gasteiger partial charge in [-0.2, -0.15) is 19.0 Å². The molecule has 1 saturated heterocycles. The summed E-state index contributed by atoms with van der Waals surface area (Å²) in [7, 11) is 0. The predicted molar refractivity (Wildman–Crippen MR) is 135 cm³/mol. The zero-order chi connectivity index (χ0) is 27.2. The number of alkyl halides is 2. The molecule has 0 saturated carbocycles. The van der Waals surface area contributed by atoms with Gasteiger partial charge in [-0.3, -0.25) is 9.13 Å². The molecule has 7 rings (SSSR count). The van der Waals surface area contributed by atoms with Gasteiger partial charge in [0, 0.05) is 36.5 Å². The fourth-order valence-corrected chi connectivity index (χ4v) is 6.01. The van der Waals surface area contributed by atoms with Gasteiger partial charge in [-0.15, -0.1) is 0 Å². The second kappa shape index (κ2) is 8.40. The third kappa shape index (κ3) is 3.43.